The molecule has 0 fully saturated rings. The quantitative estimate of drug-likeness (QED) is 0.222. The minimum absolute atomic E-state index is 0.929. The van der Waals surface area contributed by atoms with Gasteiger partial charge in [0.15, 0.2) is 0 Å². The van der Waals surface area contributed by atoms with E-state index in [0.29, 0.717) is 0 Å². The topological polar surface area (TPSA) is 22.5 Å². The highest BCUT2D eigenvalue weighted by molar-refractivity contribution is 6.38. The summed E-state index contributed by atoms with van der Waals surface area (Å²) in [6.45, 7) is 0. The molecule has 10 aromatic rings. The van der Waals surface area contributed by atoms with Gasteiger partial charge >= 0.3 is 0 Å². The van der Waals surface area contributed by atoms with Crippen molar-refractivity contribution in [3.05, 3.63) is 121 Å². The van der Waals surface area contributed by atoms with Crippen LogP contribution in [0.3, 0.4) is 0 Å². The summed E-state index contributed by atoms with van der Waals surface area (Å²) in [5, 5.41) is 9.90. The second kappa shape index (κ2) is 6.77. The van der Waals surface area contributed by atoms with Crippen LogP contribution in [0, 0.1) is 0 Å². The Labute approximate surface area is 222 Å². The van der Waals surface area contributed by atoms with E-state index in [2.05, 4.69) is 124 Å². The van der Waals surface area contributed by atoms with Crippen molar-refractivity contribution in [2.75, 3.05) is 0 Å². The van der Waals surface area contributed by atoms with Crippen molar-refractivity contribution in [3.8, 4) is 5.69 Å². The summed E-state index contributed by atoms with van der Waals surface area (Å²) in [6.07, 6.45) is 0. The monoisotopic (exact) mass is 496 g/mol. The number of hydrogen-bond donors (Lipinski definition) is 0. The van der Waals surface area contributed by atoms with Crippen LogP contribution >= 0.6 is 0 Å². The minimum atomic E-state index is 0.929. The van der Waals surface area contributed by atoms with E-state index in [1.165, 1.54) is 65.6 Å². The van der Waals surface area contributed by atoms with Gasteiger partial charge < -0.3 is 13.4 Å². The van der Waals surface area contributed by atoms with E-state index in [9.17, 15) is 0 Å². The van der Waals surface area contributed by atoms with E-state index in [1.54, 1.807) is 0 Å². The second-order valence-corrected chi connectivity index (χ2v) is 10.5. The molecule has 0 aliphatic heterocycles. The molecule has 3 heteroatoms. The lowest BCUT2D eigenvalue weighted by molar-refractivity contribution is 0.673. The molecular weight excluding hydrogens is 476 g/mol. The molecule has 0 aliphatic rings. The lowest BCUT2D eigenvalue weighted by Crippen LogP contribution is -1.92. The highest BCUT2D eigenvalue weighted by Crippen LogP contribution is 2.48. The third-order valence-electron chi connectivity index (χ3n) is 8.62. The molecule has 0 atom stereocenters. The van der Waals surface area contributed by atoms with Crippen LogP contribution in [-0.4, -0.2) is 8.97 Å². The van der Waals surface area contributed by atoms with Crippen LogP contribution in [0.4, 0.5) is 0 Å². The molecule has 180 valence electrons. The maximum Gasteiger partial charge on any atom is 0.145 e. The number of furan rings is 1. The van der Waals surface area contributed by atoms with Crippen molar-refractivity contribution < 1.29 is 4.42 Å². The van der Waals surface area contributed by atoms with Crippen molar-refractivity contribution in [2.24, 2.45) is 0 Å². The number of nitrogens with zero attached hydrogens (tertiary/aromatic N) is 2. The van der Waals surface area contributed by atoms with Crippen LogP contribution in [0.25, 0.3) is 87.5 Å². The van der Waals surface area contributed by atoms with Crippen molar-refractivity contribution in [1.29, 1.82) is 0 Å². The van der Waals surface area contributed by atoms with Crippen LogP contribution in [0.15, 0.2) is 126 Å². The number of rotatable bonds is 1. The predicted molar refractivity (Wildman–Crippen MR) is 163 cm³/mol. The van der Waals surface area contributed by atoms with Crippen molar-refractivity contribution in [3.63, 3.8) is 0 Å². The summed E-state index contributed by atoms with van der Waals surface area (Å²) < 4.78 is 11.5. The summed E-state index contributed by atoms with van der Waals surface area (Å²) in [6, 6.07) is 43.6. The van der Waals surface area contributed by atoms with Gasteiger partial charge in [0.25, 0.3) is 0 Å². The highest BCUT2D eigenvalue weighted by Gasteiger charge is 2.25. The van der Waals surface area contributed by atoms with E-state index >= 15 is 0 Å². The Kier molecular flexibility index (Phi) is 3.44. The average Bonchev–Trinajstić information content (AvgIpc) is 3.72. The van der Waals surface area contributed by atoms with E-state index in [0.717, 1.165) is 21.9 Å². The molecule has 0 saturated carbocycles. The van der Waals surface area contributed by atoms with Crippen LogP contribution in [0.5, 0.6) is 0 Å². The number of para-hydroxylation sites is 4. The van der Waals surface area contributed by atoms with Gasteiger partial charge in [0.2, 0.25) is 0 Å². The second-order valence-electron chi connectivity index (χ2n) is 10.5. The van der Waals surface area contributed by atoms with Crippen LogP contribution in [0.1, 0.15) is 0 Å². The van der Waals surface area contributed by atoms with Crippen LogP contribution in [0.2, 0.25) is 0 Å². The van der Waals surface area contributed by atoms with Crippen LogP contribution in [-0.2, 0) is 0 Å². The van der Waals surface area contributed by atoms with Crippen molar-refractivity contribution >= 4 is 81.8 Å². The molecule has 0 bridgehead atoms. The Morgan fingerprint density at radius 2 is 1.13 bits per heavy atom. The van der Waals surface area contributed by atoms with E-state index in [1.807, 2.05) is 6.07 Å². The van der Waals surface area contributed by atoms with Gasteiger partial charge in [0.1, 0.15) is 11.2 Å². The first-order valence-corrected chi connectivity index (χ1v) is 13.4. The summed E-state index contributed by atoms with van der Waals surface area (Å²) in [5.74, 6) is 0. The van der Waals surface area contributed by atoms with Gasteiger partial charge in [0.05, 0.1) is 33.0 Å². The highest BCUT2D eigenvalue weighted by atomic mass is 16.3. The van der Waals surface area contributed by atoms with Gasteiger partial charge in [-0.3, -0.25) is 0 Å². The third kappa shape index (κ3) is 2.27. The number of fused-ring (bicyclic) bond motifs is 14. The molecule has 0 aliphatic carbocycles. The third-order valence-corrected chi connectivity index (χ3v) is 8.62. The Hall–Kier alpha value is -5.28. The van der Waals surface area contributed by atoms with Gasteiger partial charge in [-0.05, 0) is 48.5 Å². The first-order chi connectivity index (χ1) is 19.4. The molecule has 0 saturated heterocycles. The summed E-state index contributed by atoms with van der Waals surface area (Å²) >= 11 is 0. The molecule has 0 radical (unpaired) electrons. The Morgan fingerprint density at radius 1 is 0.436 bits per heavy atom. The number of aromatic nitrogens is 2. The van der Waals surface area contributed by atoms with Crippen molar-refractivity contribution in [2.45, 2.75) is 0 Å². The van der Waals surface area contributed by atoms with Gasteiger partial charge in [-0.25, -0.2) is 0 Å². The summed E-state index contributed by atoms with van der Waals surface area (Å²) in [4.78, 5) is 0. The molecule has 3 nitrogen and oxygen atoms in total. The van der Waals surface area contributed by atoms with Crippen LogP contribution < -0.4 is 0 Å². The molecule has 0 unspecified atom stereocenters. The molecule has 39 heavy (non-hydrogen) atoms. The number of hydrogen-bond acceptors (Lipinski definition) is 1. The lowest BCUT2D eigenvalue weighted by Gasteiger charge is -2.08. The van der Waals surface area contributed by atoms with E-state index in [-0.39, 0.29) is 0 Å². The van der Waals surface area contributed by atoms with Gasteiger partial charge in [-0.2, -0.15) is 0 Å². The van der Waals surface area contributed by atoms with E-state index in [4.69, 9.17) is 4.42 Å². The Morgan fingerprint density at radius 3 is 1.97 bits per heavy atom. The fourth-order valence-corrected chi connectivity index (χ4v) is 7.13. The first kappa shape index (κ1) is 19.8. The molecule has 0 N–H and O–H groups in total. The Balaban J connectivity index is 1.56. The number of benzene rings is 6. The zero-order valence-corrected chi connectivity index (χ0v) is 20.8. The van der Waals surface area contributed by atoms with Gasteiger partial charge in [-0.15, -0.1) is 0 Å². The molecule has 4 heterocycles. The summed E-state index contributed by atoms with van der Waals surface area (Å²) in [7, 11) is 0. The van der Waals surface area contributed by atoms with Gasteiger partial charge in [0, 0.05) is 43.4 Å². The zero-order valence-electron chi connectivity index (χ0n) is 20.8. The summed E-state index contributed by atoms with van der Waals surface area (Å²) in [5.41, 5.74) is 9.17. The molecule has 4 aromatic heterocycles. The smallest absolute Gasteiger partial charge is 0.145 e. The minimum Gasteiger partial charge on any atom is -0.455 e. The molecule has 0 spiro atoms. The van der Waals surface area contributed by atoms with E-state index < -0.39 is 0 Å². The normalized spacial score (nSPS) is 12.6. The largest absolute Gasteiger partial charge is 0.455 e. The fourth-order valence-electron chi connectivity index (χ4n) is 7.13. The maximum atomic E-state index is 6.60. The van der Waals surface area contributed by atoms with Crippen molar-refractivity contribution in [1.82, 2.24) is 8.97 Å². The van der Waals surface area contributed by atoms with Gasteiger partial charge in [-0.1, -0.05) is 72.8 Å². The molecule has 6 aromatic carbocycles. The molecule has 10 rings (SSSR count). The maximum absolute atomic E-state index is 6.60. The Bertz CT molecular complexity index is 2600. The fraction of sp³-hybridized carbons (Fsp3) is 0. The average molecular weight is 497 g/mol. The standard InChI is InChI=1S/C36H20N2O/c1-2-10-21(11-3-1)37-27-15-7-4-13-24(27)32-30(37)20-26-33-29(38-28-16-8-5-14-25(28)34(32)35(26)38)19-18-23-22-12-6-9-17-31(22)39-36(23)33/h1-20H. The first-order valence-electron chi connectivity index (χ1n) is 13.4. The zero-order chi connectivity index (χ0) is 25.2. The lowest BCUT2D eigenvalue weighted by atomic mass is 10.0. The molecule has 0 amide bonds. The molecular formula is C36H20N2O. The predicted octanol–water partition coefficient (Wildman–Crippen LogP) is 9.83. The SMILES string of the molecule is c1ccc(-n2c3ccccc3c3c4c5ccccc5n5c6ccc7c8ccccc8oc7c6c(cc32)c45)cc1.